The molecule has 2 heterocycles. The number of hydrogen-bond donors (Lipinski definition) is 1. The molecule has 3 aromatic carbocycles. The predicted molar refractivity (Wildman–Crippen MR) is 155 cm³/mol. The summed E-state index contributed by atoms with van der Waals surface area (Å²) in [6.07, 6.45) is 0. The highest BCUT2D eigenvalue weighted by Crippen LogP contribution is 2.21. The normalized spacial score (nSPS) is 13.1. The molecule has 7 nitrogen and oxygen atoms in total. The molecule has 1 saturated heterocycles. The summed E-state index contributed by atoms with van der Waals surface area (Å²) in [7, 11) is 0. The van der Waals surface area contributed by atoms with Gasteiger partial charge in [0.2, 0.25) is 5.91 Å². The van der Waals surface area contributed by atoms with Crippen molar-refractivity contribution in [1.29, 1.82) is 0 Å². The van der Waals surface area contributed by atoms with Gasteiger partial charge in [0.1, 0.15) is 18.2 Å². The molecule has 0 radical (unpaired) electrons. The first-order valence-electron chi connectivity index (χ1n) is 13.1. The second kappa shape index (κ2) is 12.7. The Morgan fingerprint density at radius 3 is 2.22 bits per heavy atom. The smallest absolute Gasteiger partial charge is 0.264 e. The van der Waals surface area contributed by atoms with E-state index in [0.717, 1.165) is 5.69 Å². The van der Waals surface area contributed by atoms with Crippen LogP contribution in [0.3, 0.4) is 0 Å². The Labute approximate surface area is 240 Å². The van der Waals surface area contributed by atoms with Crippen molar-refractivity contribution in [2.75, 3.05) is 42.9 Å². The number of amides is 3. The van der Waals surface area contributed by atoms with Crippen molar-refractivity contribution < 1.29 is 23.2 Å². The van der Waals surface area contributed by atoms with E-state index in [0.29, 0.717) is 47.9 Å². The summed E-state index contributed by atoms with van der Waals surface area (Å²) < 4.78 is 26.9. The van der Waals surface area contributed by atoms with Crippen molar-refractivity contribution in [3.63, 3.8) is 0 Å². The fraction of sp³-hybridized carbons (Fsp3) is 0.194. The minimum absolute atomic E-state index is 0.164. The van der Waals surface area contributed by atoms with Gasteiger partial charge in [0.05, 0.1) is 4.88 Å². The van der Waals surface area contributed by atoms with Gasteiger partial charge in [0.15, 0.2) is 0 Å². The summed E-state index contributed by atoms with van der Waals surface area (Å²) >= 11 is 1.30. The van der Waals surface area contributed by atoms with Gasteiger partial charge in [-0.1, -0.05) is 24.3 Å². The maximum absolute atomic E-state index is 13.5. The van der Waals surface area contributed by atoms with Crippen LogP contribution in [0.4, 0.5) is 20.2 Å². The van der Waals surface area contributed by atoms with Crippen molar-refractivity contribution in [3.05, 3.63) is 118 Å². The molecule has 0 aliphatic carbocycles. The van der Waals surface area contributed by atoms with Crippen LogP contribution in [-0.4, -0.2) is 60.2 Å². The van der Waals surface area contributed by atoms with Gasteiger partial charge in [0.25, 0.3) is 11.8 Å². The molecule has 41 heavy (non-hydrogen) atoms. The molecule has 0 spiro atoms. The number of rotatable bonds is 8. The molecule has 210 valence electrons. The van der Waals surface area contributed by atoms with E-state index in [1.165, 1.54) is 46.6 Å². The van der Waals surface area contributed by atoms with E-state index in [1.54, 1.807) is 52.7 Å². The van der Waals surface area contributed by atoms with Crippen molar-refractivity contribution >= 4 is 40.4 Å². The summed E-state index contributed by atoms with van der Waals surface area (Å²) in [4.78, 5) is 44.5. The Kier molecular flexibility index (Phi) is 8.69. The minimum atomic E-state index is -0.434. The van der Waals surface area contributed by atoms with Gasteiger partial charge >= 0.3 is 0 Å². The van der Waals surface area contributed by atoms with Crippen LogP contribution in [0.1, 0.15) is 25.6 Å². The molecule has 0 saturated carbocycles. The van der Waals surface area contributed by atoms with E-state index in [1.807, 2.05) is 12.1 Å². The van der Waals surface area contributed by atoms with E-state index in [9.17, 15) is 23.2 Å². The standard InChI is InChI=1S/C31H28F2N4O3S/c32-24-8-6-22(7-9-24)20-37(31(40)28-5-2-18-41-28)21-29(38)34-26-10-12-27(13-11-26)35-14-16-36(17-15-35)30(39)23-3-1-4-25(33)19-23/h1-13,18-19H,14-17,20-21H2,(H,34,38). The fourth-order valence-corrected chi connectivity index (χ4v) is 5.36. The summed E-state index contributed by atoms with van der Waals surface area (Å²) in [6.45, 7) is 2.26. The molecule has 5 rings (SSSR count). The lowest BCUT2D eigenvalue weighted by Gasteiger charge is -2.36. The van der Waals surface area contributed by atoms with E-state index in [4.69, 9.17) is 0 Å². The lowest BCUT2D eigenvalue weighted by molar-refractivity contribution is -0.117. The largest absolute Gasteiger partial charge is 0.368 e. The molecule has 0 unspecified atom stereocenters. The number of benzene rings is 3. The second-order valence-electron chi connectivity index (χ2n) is 9.65. The molecule has 3 amide bonds. The van der Waals surface area contributed by atoms with Gasteiger partial charge < -0.3 is 20.0 Å². The number of anilines is 2. The van der Waals surface area contributed by atoms with Crippen LogP contribution >= 0.6 is 11.3 Å². The van der Waals surface area contributed by atoms with Crippen molar-refractivity contribution in [1.82, 2.24) is 9.80 Å². The number of hydrogen-bond acceptors (Lipinski definition) is 5. The first-order valence-corrected chi connectivity index (χ1v) is 14.0. The van der Waals surface area contributed by atoms with Crippen LogP contribution in [0, 0.1) is 11.6 Å². The number of nitrogens with zero attached hydrogens (tertiary/aromatic N) is 3. The van der Waals surface area contributed by atoms with Crippen LogP contribution in [0.25, 0.3) is 0 Å². The molecule has 1 aromatic heterocycles. The Morgan fingerprint density at radius 2 is 1.56 bits per heavy atom. The number of carbonyl (C=O) groups excluding carboxylic acids is 3. The molecule has 1 fully saturated rings. The number of nitrogens with one attached hydrogen (secondary N) is 1. The molecule has 0 atom stereocenters. The Hall–Kier alpha value is -4.57. The van der Waals surface area contributed by atoms with Crippen LogP contribution in [0.15, 0.2) is 90.3 Å². The third-order valence-electron chi connectivity index (χ3n) is 6.79. The zero-order valence-electron chi connectivity index (χ0n) is 22.1. The van der Waals surface area contributed by atoms with E-state index in [2.05, 4.69) is 10.2 Å². The number of thiophene rings is 1. The third kappa shape index (κ3) is 7.15. The minimum Gasteiger partial charge on any atom is -0.368 e. The van der Waals surface area contributed by atoms with E-state index < -0.39 is 5.82 Å². The monoisotopic (exact) mass is 574 g/mol. The molecular formula is C31H28F2N4O3S. The SMILES string of the molecule is O=C(CN(Cc1ccc(F)cc1)C(=O)c1cccs1)Nc1ccc(N2CCN(C(=O)c3cccc(F)c3)CC2)cc1. The second-order valence-corrected chi connectivity index (χ2v) is 10.6. The molecule has 1 aliphatic rings. The first-order chi connectivity index (χ1) is 19.9. The van der Waals surface area contributed by atoms with Gasteiger partial charge in [-0.25, -0.2) is 8.78 Å². The van der Waals surface area contributed by atoms with Crippen LogP contribution < -0.4 is 10.2 Å². The zero-order valence-corrected chi connectivity index (χ0v) is 22.9. The Balaban J connectivity index is 1.17. The molecule has 0 bridgehead atoms. The van der Waals surface area contributed by atoms with Crippen LogP contribution in [0.5, 0.6) is 0 Å². The summed E-state index contributed by atoms with van der Waals surface area (Å²) in [5, 5.41) is 4.65. The maximum atomic E-state index is 13.5. The van der Waals surface area contributed by atoms with Gasteiger partial charge in [-0.05, 0) is 71.6 Å². The lowest BCUT2D eigenvalue weighted by Crippen LogP contribution is -2.48. The Morgan fingerprint density at radius 1 is 0.829 bits per heavy atom. The molecule has 1 N–H and O–H groups in total. The van der Waals surface area contributed by atoms with Gasteiger partial charge in [-0.15, -0.1) is 11.3 Å². The topological polar surface area (TPSA) is 73.0 Å². The van der Waals surface area contributed by atoms with Gasteiger partial charge in [-0.2, -0.15) is 0 Å². The van der Waals surface area contributed by atoms with Crippen molar-refractivity contribution in [2.45, 2.75) is 6.54 Å². The number of carbonyl (C=O) groups is 3. The van der Waals surface area contributed by atoms with E-state index >= 15 is 0 Å². The highest BCUT2D eigenvalue weighted by atomic mass is 32.1. The highest BCUT2D eigenvalue weighted by molar-refractivity contribution is 7.12. The van der Waals surface area contributed by atoms with Crippen LogP contribution in [-0.2, 0) is 11.3 Å². The number of piperazine rings is 1. The molecule has 1 aliphatic heterocycles. The summed E-state index contributed by atoms with van der Waals surface area (Å²) in [6, 6.07) is 22.4. The Bertz CT molecular complexity index is 1500. The lowest BCUT2D eigenvalue weighted by atomic mass is 10.1. The first kappa shape index (κ1) is 28.0. The molecule has 10 heteroatoms. The van der Waals surface area contributed by atoms with Gasteiger partial charge in [-0.3, -0.25) is 14.4 Å². The zero-order chi connectivity index (χ0) is 28.8. The maximum Gasteiger partial charge on any atom is 0.264 e. The highest BCUT2D eigenvalue weighted by Gasteiger charge is 2.23. The average molecular weight is 575 g/mol. The predicted octanol–water partition coefficient (Wildman–Crippen LogP) is 5.27. The van der Waals surface area contributed by atoms with Crippen LogP contribution in [0.2, 0.25) is 0 Å². The third-order valence-corrected chi connectivity index (χ3v) is 7.65. The average Bonchev–Trinajstić information content (AvgIpc) is 3.53. The molecular weight excluding hydrogens is 546 g/mol. The fourth-order valence-electron chi connectivity index (χ4n) is 4.67. The summed E-state index contributed by atoms with van der Waals surface area (Å²) in [5.74, 6) is -1.62. The number of halogens is 2. The van der Waals surface area contributed by atoms with Gasteiger partial charge in [0, 0.05) is 49.7 Å². The van der Waals surface area contributed by atoms with Crippen molar-refractivity contribution in [3.8, 4) is 0 Å². The van der Waals surface area contributed by atoms with Crippen molar-refractivity contribution in [2.24, 2.45) is 0 Å². The molecule has 4 aromatic rings. The van der Waals surface area contributed by atoms with E-state index in [-0.39, 0.29) is 36.6 Å². The quantitative estimate of drug-likeness (QED) is 0.311. The summed E-state index contributed by atoms with van der Waals surface area (Å²) in [5.41, 5.74) is 2.59.